The third-order valence-corrected chi connectivity index (χ3v) is 7.39. The molecule has 2 saturated heterocycles. The summed E-state index contributed by atoms with van der Waals surface area (Å²) in [6.07, 6.45) is -4.47. The summed E-state index contributed by atoms with van der Waals surface area (Å²) >= 11 is 0. The molecule has 1 saturated carbocycles. The predicted octanol–water partition coefficient (Wildman–Crippen LogP) is 0.707. The van der Waals surface area contributed by atoms with Crippen LogP contribution < -0.4 is 16.0 Å². The zero-order chi connectivity index (χ0) is 25.6. The molecule has 34 heavy (non-hydrogen) atoms. The molecular weight excluding hydrogens is 455 g/mol. The fourth-order valence-corrected chi connectivity index (χ4v) is 5.28. The maximum Gasteiger partial charge on any atom is 0.471 e. The van der Waals surface area contributed by atoms with E-state index in [1.54, 1.807) is 5.32 Å². The van der Waals surface area contributed by atoms with Crippen molar-refractivity contribution in [3.63, 3.8) is 0 Å². The third-order valence-electron chi connectivity index (χ3n) is 7.39. The van der Waals surface area contributed by atoms with Gasteiger partial charge in [-0.25, -0.2) is 0 Å². The number of fused-ring (bicyclic) bond motifs is 1. The highest BCUT2D eigenvalue weighted by Gasteiger charge is 2.69. The molecule has 0 bridgehead atoms. The molecule has 0 aromatic heterocycles. The number of hydrogen-bond acceptors (Lipinski definition) is 5. The molecule has 188 valence electrons. The molecule has 0 unspecified atom stereocenters. The van der Waals surface area contributed by atoms with E-state index in [-0.39, 0.29) is 36.1 Å². The minimum atomic E-state index is -5.15. The standard InChI is InChI=1S/C22H30F3N5O4/c1-10(2)15(29-20(34)22(23,24)25)19(33)30-9-13-14(21(13,3)4)16(30)18(32)28-12(8-26)7-11-5-6-27-17(11)31/h10-16H,5-7,9H2,1-4H3,(H,27,31)(H,28,32)(H,29,34)/t11-,12-,13-,14-,15-,16-/m0/s1. The van der Waals surface area contributed by atoms with Gasteiger partial charge in [0.2, 0.25) is 17.7 Å². The Morgan fingerprint density at radius 3 is 2.41 bits per heavy atom. The van der Waals surface area contributed by atoms with Crippen molar-refractivity contribution >= 4 is 23.6 Å². The minimum absolute atomic E-state index is 0.0283. The number of amides is 4. The van der Waals surface area contributed by atoms with Crippen molar-refractivity contribution in [2.24, 2.45) is 29.1 Å². The van der Waals surface area contributed by atoms with E-state index < -0.39 is 53.9 Å². The molecule has 0 radical (unpaired) electrons. The number of hydrogen-bond donors (Lipinski definition) is 3. The molecule has 6 atom stereocenters. The van der Waals surface area contributed by atoms with Crippen LogP contribution in [0, 0.1) is 40.4 Å². The lowest BCUT2D eigenvalue weighted by molar-refractivity contribution is -0.175. The lowest BCUT2D eigenvalue weighted by Crippen LogP contribution is -2.59. The van der Waals surface area contributed by atoms with Crippen molar-refractivity contribution in [1.29, 1.82) is 5.26 Å². The van der Waals surface area contributed by atoms with Crippen LogP contribution in [-0.2, 0) is 19.2 Å². The molecule has 2 aliphatic heterocycles. The van der Waals surface area contributed by atoms with E-state index in [9.17, 15) is 37.6 Å². The highest BCUT2D eigenvalue weighted by atomic mass is 19.4. The number of likely N-dealkylation sites (tertiary alicyclic amines) is 1. The molecule has 0 aromatic carbocycles. The van der Waals surface area contributed by atoms with Crippen LogP contribution in [0.4, 0.5) is 13.2 Å². The second-order valence-electron chi connectivity index (χ2n) is 10.3. The Hall–Kier alpha value is -2.84. The maximum atomic E-state index is 13.3. The molecular formula is C22H30F3N5O4. The van der Waals surface area contributed by atoms with E-state index in [1.165, 1.54) is 18.7 Å². The molecule has 1 aliphatic carbocycles. The monoisotopic (exact) mass is 485 g/mol. The van der Waals surface area contributed by atoms with Crippen LogP contribution in [0.2, 0.25) is 0 Å². The van der Waals surface area contributed by atoms with Gasteiger partial charge in [0.1, 0.15) is 18.1 Å². The van der Waals surface area contributed by atoms with Crippen LogP contribution in [0.3, 0.4) is 0 Å². The molecule has 3 rings (SSSR count). The summed E-state index contributed by atoms with van der Waals surface area (Å²) in [5, 5.41) is 16.6. The zero-order valence-corrected chi connectivity index (χ0v) is 19.5. The van der Waals surface area contributed by atoms with Crippen molar-refractivity contribution in [3.8, 4) is 6.07 Å². The summed E-state index contributed by atoms with van der Waals surface area (Å²) in [7, 11) is 0. The summed E-state index contributed by atoms with van der Waals surface area (Å²) in [4.78, 5) is 51.1. The number of carbonyl (C=O) groups excluding carboxylic acids is 4. The molecule has 3 N–H and O–H groups in total. The Balaban J connectivity index is 1.77. The summed E-state index contributed by atoms with van der Waals surface area (Å²) in [6.45, 7) is 7.57. The number of alkyl halides is 3. The minimum Gasteiger partial charge on any atom is -0.356 e. The van der Waals surface area contributed by atoms with Crippen molar-refractivity contribution in [2.45, 2.75) is 64.8 Å². The van der Waals surface area contributed by atoms with Gasteiger partial charge in [-0.3, -0.25) is 19.2 Å². The van der Waals surface area contributed by atoms with Gasteiger partial charge in [-0.15, -0.1) is 0 Å². The van der Waals surface area contributed by atoms with E-state index >= 15 is 0 Å². The number of halogens is 3. The van der Waals surface area contributed by atoms with Gasteiger partial charge in [-0.1, -0.05) is 27.7 Å². The number of nitrogens with zero attached hydrogens (tertiary/aromatic N) is 2. The SMILES string of the molecule is CC(C)[C@H](NC(=O)C(F)(F)F)C(=O)N1C[C@H]2[C@@H]([C@H]1C(=O)N[C@H](C#N)C[C@@H]1CCNC1=O)C2(C)C. The van der Waals surface area contributed by atoms with Gasteiger partial charge < -0.3 is 20.9 Å². The number of piperidine rings is 1. The molecule has 9 nitrogen and oxygen atoms in total. The first-order valence-electron chi connectivity index (χ1n) is 11.4. The van der Waals surface area contributed by atoms with E-state index in [0.717, 1.165) is 0 Å². The number of nitriles is 1. The molecule has 4 amide bonds. The molecule has 0 aromatic rings. The van der Waals surface area contributed by atoms with E-state index in [4.69, 9.17) is 0 Å². The first-order valence-corrected chi connectivity index (χ1v) is 11.4. The fourth-order valence-electron chi connectivity index (χ4n) is 5.28. The quantitative estimate of drug-likeness (QED) is 0.489. The summed E-state index contributed by atoms with van der Waals surface area (Å²) in [5.74, 6) is -5.06. The average Bonchev–Trinajstić information content (AvgIpc) is 3.10. The molecule has 3 fully saturated rings. The van der Waals surface area contributed by atoms with E-state index in [0.29, 0.717) is 13.0 Å². The molecule has 12 heteroatoms. The van der Waals surface area contributed by atoms with Gasteiger partial charge >= 0.3 is 12.1 Å². The van der Waals surface area contributed by atoms with Gasteiger partial charge in [0.25, 0.3) is 0 Å². The first-order chi connectivity index (χ1) is 15.7. The van der Waals surface area contributed by atoms with Crippen LogP contribution in [0.15, 0.2) is 0 Å². The molecule has 3 aliphatic rings. The zero-order valence-electron chi connectivity index (χ0n) is 19.5. The number of carbonyl (C=O) groups is 4. The Bertz CT molecular complexity index is 913. The fraction of sp³-hybridized carbons (Fsp3) is 0.773. The Morgan fingerprint density at radius 1 is 1.26 bits per heavy atom. The second kappa shape index (κ2) is 9.07. The summed E-state index contributed by atoms with van der Waals surface area (Å²) in [5.41, 5.74) is -0.255. The lowest BCUT2D eigenvalue weighted by atomic mass is 9.96. The van der Waals surface area contributed by atoms with Gasteiger partial charge in [-0.2, -0.15) is 18.4 Å². The smallest absolute Gasteiger partial charge is 0.356 e. The van der Waals surface area contributed by atoms with E-state index in [1.807, 2.05) is 19.9 Å². The largest absolute Gasteiger partial charge is 0.471 e. The first kappa shape index (κ1) is 25.8. The maximum absolute atomic E-state index is 13.3. The Kier molecular flexibility index (Phi) is 6.88. The van der Waals surface area contributed by atoms with Gasteiger partial charge in [0.05, 0.1) is 6.07 Å². The third kappa shape index (κ3) is 4.83. The lowest BCUT2D eigenvalue weighted by Gasteiger charge is -2.34. The Labute approximate surface area is 195 Å². The molecule has 2 heterocycles. The second-order valence-corrected chi connectivity index (χ2v) is 10.3. The van der Waals surface area contributed by atoms with Gasteiger partial charge in [0, 0.05) is 19.0 Å². The number of nitrogens with one attached hydrogen (secondary N) is 3. The highest BCUT2D eigenvalue weighted by Crippen LogP contribution is 2.65. The van der Waals surface area contributed by atoms with Crippen LogP contribution in [0.5, 0.6) is 0 Å². The average molecular weight is 486 g/mol. The van der Waals surface area contributed by atoms with Crippen molar-refractivity contribution in [2.75, 3.05) is 13.1 Å². The van der Waals surface area contributed by atoms with Crippen LogP contribution in [-0.4, -0.2) is 65.9 Å². The van der Waals surface area contributed by atoms with Gasteiger partial charge in [0.15, 0.2) is 0 Å². The van der Waals surface area contributed by atoms with Crippen LogP contribution >= 0.6 is 0 Å². The number of rotatable bonds is 7. The summed E-state index contributed by atoms with van der Waals surface area (Å²) in [6, 6.07) is -1.41. The van der Waals surface area contributed by atoms with Crippen molar-refractivity contribution in [1.82, 2.24) is 20.9 Å². The predicted molar refractivity (Wildman–Crippen MR) is 112 cm³/mol. The van der Waals surface area contributed by atoms with E-state index in [2.05, 4.69) is 10.6 Å². The normalized spacial score (nSPS) is 29.0. The highest BCUT2D eigenvalue weighted by molar-refractivity contribution is 5.94. The summed E-state index contributed by atoms with van der Waals surface area (Å²) < 4.78 is 38.4. The van der Waals surface area contributed by atoms with Gasteiger partial charge in [-0.05, 0) is 36.0 Å². The van der Waals surface area contributed by atoms with Crippen LogP contribution in [0.1, 0.15) is 40.5 Å². The van der Waals surface area contributed by atoms with Crippen LogP contribution in [0.25, 0.3) is 0 Å². The van der Waals surface area contributed by atoms with Crippen molar-refractivity contribution in [3.05, 3.63) is 0 Å². The van der Waals surface area contributed by atoms with Crippen molar-refractivity contribution < 1.29 is 32.3 Å². The Morgan fingerprint density at radius 2 is 1.91 bits per heavy atom. The molecule has 0 spiro atoms. The topological polar surface area (TPSA) is 131 Å².